The van der Waals surface area contributed by atoms with E-state index in [-0.39, 0.29) is 12.6 Å². The maximum Gasteiger partial charge on any atom is 0.332 e. The molecule has 0 spiro atoms. The third-order valence-electron chi connectivity index (χ3n) is 2.24. The van der Waals surface area contributed by atoms with E-state index in [1.165, 1.54) is 0 Å². The standard InChI is InChI=1S/C11H23NO3/c1-5-15-11(13)8-14-7-6-12-10(4)9(2)3/h9-10,12H,5-8H2,1-4H3. The molecule has 1 N–H and O–H groups in total. The number of carbonyl (C=O) groups is 1. The summed E-state index contributed by atoms with van der Waals surface area (Å²) in [6.07, 6.45) is 0. The number of carbonyl (C=O) groups excluding carboxylic acids is 1. The Balaban J connectivity index is 3.28. The molecule has 0 aromatic heterocycles. The summed E-state index contributed by atoms with van der Waals surface area (Å²) in [5, 5.41) is 3.31. The zero-order chi connectivity index (χ0) is 11.7. The topological polar surface area (TPSA) is 47.6 Å². The zero-order valence-corrected chi connectivity index (χ0v) is 10.2. The highest BCUT2D eigenvalue weighted by molar-refractivity contribution is 5.70. The number of rotatable bonds is 8. The van der Waals surface area contributed by atoms with Crippen LogP contribution >= 0.6 is 0 Å². The van der Waals surface area contributed by atoms with Gasteiger partial charge in [0.2, 0.25) is 0 Å². The Kier molecular flexibility index (Phi) is 8.33. The minimum Gasteiger partial charge on any atom is -0.464 e. The maximum absolute atomic E-state index is 10.9. The highest BCUT2D eigenvalue weighted by atomic mass is 16.6. The van der Waals surface area contributed by atoms with Crippen LogP contribution in [-0.4, -0.2) is 38.4 Å². The van der Waals surface area contributed by atoms with Gasteiger partial charge in [-0.15, -0.1) is 0 Å². The molecular weight excluding hydrogens is 194 g/mol. The number of nitrogens with one attached hydrogen (secondary N) is 1. The van der Waals surface area contributed by atoms with Crippen LogP contribution in [0, 0.1) is 5.92 Å². The molecule has 0 amide bonds. The van der Waals surface area contributed by atoms with Crippen molar-refractivity contribution in [2.45, 2.75) is 33.7 Å². The van der Waals surface area contributed by atoms with Gasteiger partial charge in [-0.1, -0.05) is 13.8 Å². The molecule has 15 heavy (non-hydrogen) atoms. The van der Waals surface area contributed by atoms with Crippen molar-refractivity contribution < 1.29 is 14.3 Å². The Morgan fingerprint density at radius 3 is 2.53 bits per heavy atom. The van der Waals surface area contributed by atoms with Crippen LogP contribution in [0.5, 0.6) is 0 Å². The van der Waals surface area contributed by atoms with E-state index in [1.54, 1.807) is 6.92 Å². The van der Waals surface area contributed by atoms with Gasteiger partial charge in [-0.25, -0.2) is 4.79 Å². The first-order chi connectivity index (χ1) is 7.07. The van der Waals surface area contributed by atoms with Crippen LogP contribution in [0.1, 0.15) is 27.7 Å². The van der Waals surface area contributed by atoms with E-state index in [1.807, 2.05) is 0 Å². The normalized spacial score (nSPS) is 12.9. The number of hydrogen-bond donors (Lipinski definition) is 1. The summed E-state index contributed by atoms with van der Waals surface area (Å²) < 4.78 is 9.86. The molecule has 1 atom stereocenters. The van der Waals surface area contributed by atoms with Gasteiger partial charge < -0.3 is 14.8 Å². The molecule has 90 valence electrons. The van der Waals surface area contributed by atoms with Crippen LogP contribution in [0.15, 0.2) is 0 Å². The van der Waals surface area contributed by atoms with E-state index >= 15 is 0 Å². The minimum absolute atomic E-state index is 0.0472. The first-order valence-corrected chi connectivity index (χ1v) is 5.54. The molecule has 0 bridgehead atoms. The smallest absolute Gasteiger partial charge is 0.332 e. The summed E-state index contributed by atoms with van der Waals surface area (Å²) in [6, 6.07) is 0.469. The summed E-state index contributed by atoms with van der Waals surface area (Å²) in [5.74, 6) is 0.310. The molecule has 0 fully saturated rings. The number of ether oxygens (including phenoxy) is 2. The van der Waals surface area contributed by atoms with Gasteiger partial charge in [0.25, 0.3) is 0 Å². The average Bonchev–Trinajstić information content (AvgIpc) is 2.17. The maximum atomic E-state index is 10.9. The van der Waals surface area contributed by atoms with E-state index < -0.39 is 0 Å². The summed E-state index contributed by atoms with van der Waals surface area (Å²) in [6.45, 7) is 10.00. The fourth-order valence-corrected chi connectivity index (χ4v) is 0.953. The summed E-state index contributed by atoms with van der Waals surface area (Å²) >= 11 is 0. The lowest BCUT2D eigenvalue weighted by Crippen LogP contribution is -2.33. The largest absolute Gasteiger partial charge is 0.464 e. The lowest BCUT2D eigenvalue weighted by molar-refractivity contribution is -0.148. The molecule has 0 rings (SSSR count). The fraction of sp³-hybridized carbons (Fsp3) is 0.909. The van der Waals surface area contributed by atoms with E-state index in [9.17, 15) is 4.79 Å². The van der Waals surface area contributed by atoms with Crippen LogP contribution in [0.25, 0.3) is 0 Å². The van der Waals surface area contributed by atoms with E-state index in [2.05, 4.69) is 26.1 Å². The van der Waals surface area contributed by atoms with Gasteiger partial charge in [-0.3, -0.25) is 0 Å². The van der Waals surface area contributed by atoms with Crippen LogP contribution in [-0.2, 0) is 14.3 Å². The molecule has 0 radical (unpaired) electrons. The van der Waals surface area contributed by atoms with Crippen LogP contribution in [0.2, 0.25) is 0 Å². The van der Waals surface area contributed by atoms with Crippen molar-refractivity contribution in [3.05, 3.63) is 0 Å². The summed E-state index contributed by atoms with van der Waals surface area (Å²) in [5.41, 5.74) is 0. The zero-order valence-electron chi connectivity index (χ0n) is 10.2. The first-order valence-electron chi connectivity index (χ1n) is 5.54. The molecule has 4 nitrogen and oxygen atoms in total. The van der Waals surface area contributed by atoms with Gasteiger partial charge in [0.15, 0.2) is 0 Å². The minimum atomic E-state index is -0.297. The summed E-state index contributed by atoms with van der Waals surface area (Å²) in [7, 11) is 0. The van der Waals surface area contributed by atoms with Crippen LogP contribution in [0.4, 0.5) is 0 Å². The highest BCUT2D eigenvalue weighted by Crippen LogP contribution is 1.98. The Bertz CT molecular complexity index is 171. The average molecular weight is 217 g/mol. The third-order valence-corrected chi connectivity index (χ3v) is 2.24. The van der Waals surface area contributed by atoms with Gasteiger partial charge in [0.05, 0.1) is 13.2 Å². The van der Waals surface area contributed by atoms with Crippen molar-refractivity contribution in [2.75, 3.05) is 26.4 Å². The summed E-state index contributed by atoms with van der Waals surface area (Å²) in [4.78, 5) is 10.9. The van der Waals surface area contributed by atoms with Gasteiger partial charge in [-0.2, -0.15) is 0 Å². The van der Waals surface area contributed by atoms with E-state index in [4.69, 9.17) is 9.47 Å². The molecule has 0 aliphatic rings. The number of hydrogen-bond acceptors (Lipinski definition) is 4. The molecule has 0 aromatic rings. The van der Waals surface area contributed by atoms with Gasteiger partial charge in [0, 0.05) is 12.6 Å². The molecule has 0 aliphatic heterocycles. The molecule has 0 saturated heterocycles. The molecule has 0 aromatic carbocycles. The Morgan fingerprint density at radius 2 is 2.00 bits per heavy atom. The predicted molar refractivity (Wildman–Crippen MR) is 59.8 cm³/mol. The Hall–Kier alpha value is -0.610. The third kappa shape index (κ3) is 8.39. The van der Waals surface area contributed by atoms with Crippen LogP contribution < -0.4 is 5.32 Å². The van der Waals surface area contributed by atoms with Gasteiger partial charge in [0.1, 0.15) is 6.61 Å². The highest BCUT2D eigenvalue weighted by Gasteiger charge is 2.05. The molecule has 4 heteroatoms. The van der Waals surface area contributed by atoms with E-state index in [0.717, 1.165) is 6.54 Å². The fourth-order valence-electron chi connectivity index (χ4n) is 0.953. The van der Waals surface area contributed by atoms with Crippen molar-refractivity contribution in [3.8, 4) is 0 Å². The second-order valence-corrected chi connectivity index (χ2v) is 3.84. The second-order valence-electron chi connectivity index (χ2n) is 3.84. The molecule has 0 saturated carbocycles. The van der Waals surface area contributed by atoms with Crippen molar-refractivity contribution in [1.29, 1.82) is 0 Å². The number of esters is 1. The van der Waals surface area contributed by atoms with E-state index in [0.29, 0.717) is 25.2 Å². The quantitative estimate of drug-likeness (QED) is 0.490. The SMILES string of the molecule is CCOC(=O)COCCNC(C)C(C)C. The Labute approximate surface area is 92.3 Å². The molecule has 1 unspecified atom stereocenters. The predicted octanol–water partition coefficient (Wildman–Crippen LogP) is 1.20. The molecule has 0 aliphatic carbocycles. The first kappa shape index (κ1) is 14.4. The Morgan fingerprint density at radius 1 is 1.33 bits per heavy atom. The lowest BCUT2D eigenvalue weighted by Gasteiger charge is -2.17. The molecule has 0 heterocycles. The second kappa shape index (κ2) is 8.68. The van der Waals surface area contributed by atoms with Crippen molar-refractivity contribution in [2.24, 2.45) is 5.92 Å². The van der Waals surface area contributed by atoms with Crippen LogP contribution in [0.3, 0.4) is 0 Å². The monoisotopic (exact) mass is 217 g/mol. The van der Waals surface area contributed by atoms with Gasteiger partial charge in [-0.05, 0) is 19.8 Å². The van der Waals surface area contributed by atoms with Crippen molar-refractivity contribution in [1.82, 2.24) is 5.32 Å². The van der Waals surface area contributed by atoms with Gasteiger partial charge >= 0.3 is 5.97 Å². The van der Waals surface area contributed by atoms with Crippen molar-refractivity contribution >= 4 is 5.97 Å². The molecular formula is C11H23NO3. The lowest BCUT2D eigenvalue weighted by atomic mass is 10.1. The van der Waals surface area contributed by atoms with Crippen molar-refractivity contribution in [3.63, 3.8) is 0 Å².